The summed E-state index contributed by atoms with van der Waals surface area (Å²) in [6, 6.07) is 14.0. The molecular weight excluding hydrogens is 194 g/mol. The van der Waals surface area contributed by atoms with Crippen molar-refractivity contribution in [1.29, 1.82) is 0 Å². The van der Waals surface area contributed by atoms with Crippen molar-refractivity contribution in [2.45, 2.75) is 6.92 Å². The van der Waals surface area contributed by atoms with Gasteiger partial charge < -0.3 is 5.73 Å². The molecule has 2 N–H and O–H groups in total. The molecule has 80 valence electrons. The quantitative estimate of drug-likeness (QED) is 0.712. The van der Waals surface area contributed by atoms with Crippen molar-refractivity contribution in [3.8, 4) is 0 Å². The fraction of sp³-hybridized carbons (Fsp3) is 0.0667. The molecule has 1 heteroatoms. The van der Waals surface area contributed by atoms with Gasteiger partial charge in [-0.1, -0.05) is 43.0 Å². The van der Waals surface area contributed by atoms with Crippen LogP contribution in [0.15, 0.2) is 42.5 Å². The van der Waals surface area contributed by atoms with Crippen molar-refractivity contribution >= 4 is 18.3 Å². The number of hydrogen-bond acceptors (Lipinski definition) is 1. The van der Waals surface area contributed by atoms with Crippen LogP contribution in [0.1, 0.15) is 11.1 Å². The summed E-state index contributed by atoms with van der Waals surface area (Å²) < 4.78 is 0. The molecular formula is C15H15N. The summed E-state index contributed by atoms with van der Waals surface area (Å²) in [6.07, 6.45) is 2.09. The van der Waals surface area contributed by atoms with Crippen molar-refractivity contribution in [2.24, 2.45) is 0 Å². The Bertz CT molecular complexity index is 591. The topological polar surface area (TPSA) is 26.0 Å². The Balaban J connectivity index is 2.69. The second kappa shape index (κ2) is 4.23. The number of nitrogen functional groups attached to an aromatic ring is 1. The largest absolute Gasteiger partial charge is 0.398 e. The minimum absolute atomic E-state index is 0.809. The van der Waals surface area contributed by atoms with E-state index in [-0.39, 0.29) is 0 Å². The highest BCUT2D eigenvalue weighted by atomic mass is 14.6. The van der Waals surface area contributed by atoms with Crippen molar-refractivity contribution in [3.05, 3.63) is 64.0 Å². The summed E-state index contributed by atoms with van der Waals surface area (Å²) in [6.45, 7) is 6.07. The summed E-state index contributed by atoms with van der Waals surface area (Å²) in [5.41, 5.74) is 9.04. The Morgan fingerprint density at radius 3 is 2.50 bits per heavy atom. The standard InChI is InChI=1S/C15H15N/c1-11-6-3-4-8-13(11)10-14-12(2)7-5-9-15(14)16/h3-10H,1,16H2,2H3/b13-10-. The molecule has 0 amide bonds. The number of aryl methyl sites for hydroxylation is 1. The Morgan fingerprint density at radius 1 is 1.06 bits per heavy atom. The normalized spacial score (nSPS) is 11.7. The van der Waals surface area contributed by atoms with Gasteiger partial charge in [0.15, 0.2) is 0 Å². The highest BCUT2D eigenvalue weighted by Crippen LogP contribution is 2.16. The van der Waals surface area contributed by atoms with E-state index >= 15 is 0 Å². The molecule has 0 aliphatic carbocycles. The van der Waals surface area contributed by atoms with E-state index in [1.54, 1.807) is 0 Å². The van der Waals surface area contributed by atoms with Gasteiger partial charge in [0.2, 0.25) is 0 Å². The van der Waals surface area contributed by atoms with Crippen LogP contribution in [0.5, 0.6) is 0 Å². The predicted octanol–water partition coefficient (Wildman–Crippen LogP) is 1.82. The number of hydrogen-bond donors (Lipinski definition) is 1. The first-order chi connectivity index (χ1) is 7.68. The summed E-state index contributed by atoms with van der Waals surface area (Å²) in [5, 5.41) is 2.13. The van der Waals surface area contributed by atoms with Gasteiger partial charge >= 0.3 is 0 Å². The Hall–Kier alpha value is -2.02. The lowest BCUT2D eigenvalue weighted by atomic mass is 10.0. The Labute approximate surface area is 95.5 Å². The first kappa shape index (κ1) is 10.5. The monoisotopic (exact) mass is 209 g/mol. The summed E-state index contributed by atoms with van der Waals surface area (Å²) in [4.78, 5) is 0. The Morgan fingerprint density at radius 2 is 1.81 bits per heavy atom. The van der Waals surface area contributed by atoms with E-state index in [0.29, 0.717) is 0 Å². The molecule has 2 rings (SSSR count). The molecule has 0 fully saturated rings. The third-order valence-electron chi connectivity index (χ3n) is 2.71. The van der Waals surface area contributed by atoms with Crippen LogP contribution in [-0.4, -0.2) is 0 Å². The van der Waals surface area contributed by atoms with E-state index < -0.39 is 0 Å². The van der Waals surface area contributed by atoms with Gasteiger partial charge in [-0.2, -0.15) is 0 Å². The highest BCUT2D eigenvalue weighted by Gasteiger charge is 1.98. The van der Waals surface area contributed by atoms with E-state index in [4.69, 9.17) is 5.73 Å². The first-order valence-electron chi connectivity index (χ1n) is 5.29. The molecule has 2 aromatic carbocycles. The van der Waals surface area contributed by atoms with Crippen LogP contribution in [0.3, 0.4) is 0 Å². The summed E-state index contributed by atoms with van der Waals surface area (Å²) >= 11 is 0. The highest BCUT2D eigenvalue weighted by molar-refractivity contribution is 5.67. The number of benzene rings is 2. The van der Waals surface area contributed by atoms with Gasteiger partial charge in [-0.05, 0) is 35.1 Å². The fourth-order valence-corrected chi connectivity index (χ4v) is 1.73. The molecule has 16 heavy (non-hydrogen) atoms. The van der Waals surface area contributed by atoms with Crippen molar-refractivity contribution < 1.29 is 0 Å². The molecule has 0 saturated carbocycles. The molecule has 0 aliphatic heterocycles. The molecule has 0 radical (unpaired) electrons. The van der Waals surface area contributed by atoms with Gasteiger partial charge in [0.25, 0.3) is 0 Å². The smallest absolute Gasteiger partial charge is 0.0390 e. The second-order valence-electron chi connectivity index (χ2n) is 3.92. The molecule has 0 atom stereocenters. The van der Waals surface area contributed by atoms with Crippen LogP contribution >= 0.6 is 0 Å². The molecule has 0 saturated heterocycles. The zero-order valence-corrected chi connectivity index (χ0v) is 9.40. The van der Waals surface area contributed by atoms with Crippen molar-refractivity contribution in [1.82, 2.24) is 0 Å². The van der Waals surface area contributed by atoms with Crippen molar-refractivity contribution in [2.75, 3.05) is 5.73 Å². The van der Waals surface area contributed by atoms with Gasteiger partial charge in [0.05, 0.1) is 0 Å². The molecule has 0 aliphatic rings. The average Bonchev–Trinajstić information content (AvgIpc) is 2.26. The third kappa shape index (κ3) is 1.98. The van der Waals surface area contributed by atoms with Gasteiger partial charge in [-0.3, -0.25) is 0 Å². The molecule has 0 aromatic heterocycles. The zero-order valence-electron chi connectivity index (χ0n) is 9.40. The van der Waals surface area contributed by atoms with E-state index in [1.807, 2.05) is 36.4 Å². The van der Waals surface area contributed by atoms with Crippen LogP contribution in [0.4, 0.5) is 5.69 Å². The van der Waals surface area contributed by atoms with Crippen LogP contribution in [0.2, 0.25) is 0 Å². The zero-order chi connectivity index (χ0) is 11.5. The van der Waals surface area contributed by atoms with E-state index in [2.05, 4.69) is 25.6 Å². The van der Waals surface area contributed by atoms with Crippen LogP contribution < -0.4 is 16.2 Å². The second-order valence-corrected chi connectivity index (χ2v) is 3.92. The third-order valence-corrected chi connectivity index (χ3v) is 2.71. The molecule has 0 unspecified atom stereocenters. The predicted molar refractivity (Wildman–Crippen MR) is 70.4 cm³/mol. The van der Waals surface area contributed by atoms with Gasteiger partial charge in [0, 0.05) is 11.3 Å². The average molecular weight is 209 g/mol. The number of rotatable bonds is 1. The lowest BCUT2D eigenvalue weighted by Gasteiger charge is -2.03. The molecule has 0 bridgehead atoms. The first-order valence-corrected chi connectivity index (χ1v) is 5.29. The maximum absolute atomic E-state index is 5.97. The number of anilines is 1. The van der Waals surface area contributed by atoms with E-state index in [9.17, 15) is 0 Å². The summed E-state index contributed by atoms with van der Waals surface area (Å²) in [7, 11) is 0. The van der Waals surface area contributed by atoms with E-state index in [1.165, 1.54) is 5.56 Å². The number of nitrogens with two attached hydrogens (primary N) is 1. The molecule has 0 spiro atoms. The lowest BCUT2D eigenvalue weighted by Crippen LogP contribution is -2.22. The van der Waals surface area contributed by atoms with E-state index in [0.717, 1.165) is 21.7 Å². The molecule has 0 heterocycles. The maximum atomic E-state index is 5.97. The maximum Gasteiger partial charge on any atom is 0.0390 e. The fourth-order valence-electron chi connectivity index (χ4n) is 1.73. The van der Waals surface area contributed by atoms with Gasteiger partial charge in [0.1, 0.15) is 0 Å². The Kier molecular flexibility index (Phi) is 2.78. The summed E-state index contributed by atoms with van der Waals surface area (Å²) in [5.74, 6) is 0. The lowest BCUT2D eigenvalue weighted by molar-refractivity contribution is 1.43. The SMILES string of the molecule is C=c1cccc/c1=C/c1c(C)cccc1N. The van der Waals surface area contributed by atoms with Gasteiger partial charge in [-0.15, -0.1) is 0 Å². The van der Waals surface area contributed by atoms with Gasteiger partial charge in [-0.25, -0.2) is 0 Å². The minimum Gasteiger partial charge on any atom is -0.398 e. The van der Waals surface area contributed by atoms with Crippen LogP contribution in [-0.2, 0) is 0 Å². The molecule has 1 nitrogen and oxygen atoms in total. The molecule has 2 aromatic rings. The minimum atomic E-state index is 0.809. The van der Waals surface area contributed by atoms with Crippen LogP contribution in [0, 0.1) is 6.92 Å². The van der Waals surface area contributed by atoms with Crippen molar-refractivity contribution in [3.63, 3.8) is 0 Å². The van der Waals surface area contributed by atoms with Crippen LogP contribution in [0.25, 0.3) is 12.7 Å².